The third kappa shape index (κ3) is 3.06. The van der Waals surface area contributed by atoms with E-state index in [1.807, 2.05) is 12.1 Å². The minimum Gasteiger partial charge on any atom is -0.391 e. The van der Waals surface area contributed by atoms with Crippen LogP contribution >= 0.6 is 27.3 Å². The standard InChI is InChI=1S/C10H15BrO3S2/c1-10(2,16(3,13)14)8(12)6-7-4-5-9(11)15-7/h4-5,8,12H,6H2,1-3H3. The van der Waals surface area contributed by atoms with Gasteiger partial charge in [-0.2, -0.15) is 0 Å². The molecule has 1 unspecified atom stereocenters. The van der Waals surface area contributed by atoms with Crippen LogP contribution in [0.4, 0.5) is 0 Å². The molecule has 3 nitrogen and oxygen atoms in total. The van der Waals surface area contributed by atoms with Crippen LogP contribution in [0.15, 0.2) is 15.9 Å². The van der Waals surface area contributed by atoms with Crippen molar-refractivity contribution in [3.63, 3.8) is 0 Å². The second-order valence-electron chi connectivity index (χ2n) is 4.30. The van der Waals surface area contributed by atoms with Crippen molar-refractivity contribution in [2.45, 2.75) is 31.1 Å². The molecule has 0 aromatic carbocycles. The van der Waals surface area contributed by atoms with Crippen molar-refractivity contribution in [3.8, 4) is 0 Å². The third-order valence-electron chi connectivity index (χ3n) is 2.78. The summed E-state index contributed by atoms with van der Waals surface area (Å²) in [6.45, 7) is 3.10. The van der Waals surface area contributed by atoms with E-state index in [1.165, 1.54) is 11.3 Å². The van der Waals surface area contributed by atoms with Gasteiger partial charge >= 0.3 is 0 Å². The molecule has 1 aromatic rings. The second-order valence-corrected chi connectivity index (χ2v) is 9.45. The number of aliphatic hydroxyl groups excluding tert-OH is 1. The van der Waals surface area contributed by atoms with Crippen molar-refractivity contribution in [1.29, 1.82) is 0 Å². The first kappa shape index (κ1) is 14.2. The Bertz CT molecular complexity index is 462. The Morgan fingerprint density at radius 1 is 1.50 bits per heavy atom. The van der Waals surface area contributed by atoms with Crippen LogP contribution in [0, 0.1) is 0 Å². The molecule has 6 heteroatoms. The Morgan fingerprint density at radius 3 is 2.44 bits per heavy atom. The molecule has 0 saturated carbocycles. The number of hydrogen-bond donors (Lipinski definition) is 1. The number of rotatable bonds is 4. The van der Waals surface area contributed by atoms with Gasteiger partial charge in [-0.1, -0.05) is 0 Å². The topological polar surface area (TPSA) is 54.4 Å². The zero-order chi connectivity index (χ0) is 12.6. The predicted molar refractivity (Wildman–Crippen MR) is 70.7 cm³/mol. The zero-order valence-corrected chi connectivity index (χ0v) is 12.6. The first-order valence-electron chi connectivity index (χ1n) is 4.76. The van der Waals surface area contributed by atoms with Crippen molar-refractivity contribution >= 4 is 37.1 Å². The maximum absolute atomic E-state index is 11.5. The maximum atomic E-state index is 11.5. The van der Waals surface area contributed by atoms with Gasteiger partial charge in [-0.15, -0.1) is 11.3 Å². The van der Waals surface area contributed by atoms with Crippen LogP contribution < -0.4 is 0 Å². The van der Waals surface area contributed by atoms with Gasteiger partial charge in [-0.3, -0.25) is 0 Å². The van der Waals surface area contributed by atoms with Gasteiger partial charge < -0.3 is 5.11 Å². The monoisotopic (exact) mass is 326 g/mol. The molecule has 0 aliphatic rings. The van der Waals surface area contributed by atoms with Crippen LogP contribution in [-0.2, 0) is 16.3 Å². The van der Waals surface area contributed by atoms with Crippen LogP contribution in [0.3, 0.4) is 0 Å². The molecule has 1 heterocycles. The van der Waals surface area contributed by atoms with Crippen LogP contribution in [0.25, 0.3) is 0 Å². The number of sulfone groups is 1. The summed E-state index contributed by atoms with van der Waals surface area (Å²) in [7, 11) is -3.27. The van der Waals surface area contributed by atoms with Crippen LogP contribution in [0.5, 0.6) is 0 Å². The number of halogens is 1. The normalized spacial score (nSPS) is 15.1. The van der Waals surface area contributed by atoms with E-state index >= 15 is 0 Å². The molecule has 16 heavy (non-hydrogen) atoms. The molecule has 0 radical (unpaired) electrons. The summed E-state index contributed by atoms with van der Waals surface area (Å²) < 4.78 is 22.9. The molecule has 1 aromatic heterocycles. The molecule has 0 bridgehead atoms. The first-order chi connectivity index (χ1) is 7.14. The van der Waals surface area contributed by atoms with E-state index in [0.29, 0.717) is 6.42 Å². The smallest absolute Gasteiger partial charge is 0.155 e. The highest BCUT2D eigenvalue weighted by Crippen LogP contribution is 2.27. The molecule has 0 aliphatic heterocycles. The lowest BCUT2D eigenvalue weighted by atomic mass is 10.0. The summed E-state index contributed by atoms with van der Waals surface area (Å²) in [5.41, 5.74) is 0. The summed E-state index contributed by atoms with van der Waals surface area (Å²) in [6.07, 6.45) is 0.615. The SMILES string of the molecule is CC(C)(C(O)Cc1ccc(Br)s1)S(C)(=O)=O. The van der Waals surface area contributed by atoms with Crippen molar-refractivity contribution in [3.05, 3.63) is 20.8 Å². The summed E-state index contributed by atoms with van der Waals surface area (Å²) in [4.78, 5) is 0.969. The van der Waals surface area contributed by atoms with Gasteiger partial charge in [0.05, 0.1) is 14.6 Å². The van der Waals surface area contributed by atoms with Gasteiger partial charge in [0.15, 0.2) is 9.84 Å². The van der Waals surface area contributed by atoms with Crippen LogP contribution in [0.2, 0.25) is 0 Å². The molecule has 1 atom stereocenters. The highest BCUT2D eigenvalue weighted by atomic mass is 79.9. The van der Waals surface area contributed by atoms with Gasteiger partial charge in [-0.25, -0.2) is 8.42 Å². The number of thiophene rings is 1. The average molecular weight is 327 g/mol. The van der Waals surface area contributed by atoms with Gasteiger partial charge in [0.1, 0.15) is 0 Å². The molecule has 1 N–H and O–H groups in total. The largest absolute Gasteiger partial charge is 0.391 e. The lowest BCUT2D eigenvalue weighted by molar-refractivity contribution is 0.138. The quantitative estimate of drug-likeness (QED) is 0.923. The third-order valence-corrected chi connectivity index (χ3v) is 6.61. The van der Waals surface area contributed by atoms with E-state index in [-0.39, 0.29) is 0 Å². The molecule has 0 saturated heterocycles. The number of aliphatic hydroxyl groups is 1. The van der Waals surface area contributed by atoms with Crippen molar-refractivity contribution in [2.75, 3.05) is 6.26 Å². The van der Waals surface area contributed by atoms with Gasteiger partial charge in [0.2, 0.25) is 0 Å². The Balaban J connectivity index is 2.84. The lowest BCUT2D eigenvalue weighted by Gasteiger charge is -2.28. The van der Waals surface area contributed by atoms with E-state index in [4.69, 9.17) is 0 Å². The zero-order valence-electron chi connectivity index (χ0n) is 9.40. The maximum Gasteiger partial charge on any atom is 0.155 e. The fraction of sp³-hybridized carbons (Fsp3) is 0.600. The predicted octanol–water partition coefficient (Wildman–Crippen LogP) is 2.24. The van der Waals surface area contributed by atoms with E-state index in [2.05, 4.69) is 15.9 Å². The van der Waals surface area contributed by atoms with Gasteiger partial charge in [0, 0.05) is 17.6 Å². The molecule has 92 valence electrons. The van der Waals surface area contributed by atoms with Crippen molar-refractivity contribution < 1.29 is 13.5 Å². The van der Waals surface area contributed by atoms with E-state index in [1.54, 1.807) is 13.8 Å². The lowest BCUT2D eigenvalue weighted by Crippen LogP contribution is -2.44. The first-order valence-corrected chi connectivity index (χ1v) is 8.26. The van der Waals surface area contributed by atoms with E-state index < -0.39 is 20.7 Å². The minimum absolute atomic E-state index is 0.357. The molecule has 0 amide bonds. The Morgan fingerprint density at radius 2 is 2.06 bits per heavy atom. The highest BCUT2D eigenvalue weighted by molar-refractivity contribution is 9.11. The van der Waals surface area contributed by atoms with Gasteiger partial charge in [0.25, 0.3) is 0 Å². The molecular formula is C10H15BrO3S2. The molecule has 0 aliphatic carbocycles. The Hall–Kier alpha value is 0.0900. The summed E-state index contributed by atoms with van der Waals surface area (Å²) in [5.74, 6) is 0. The highest BCUT2D eigenvalue weighted by Gasteiger charge is 2.38. The summed E-state index contributed by atoms with van der Waals surface area (Å²) in [6, 6.07) is 3.77. The summed E-state index contributed by atoms with van der Waals surface area (Å²) >= 11 is 4.84. The average Bonchev–Trinajstić information content (AvgIpc) is 2.49. The molecule has 0 fully saturated rings. The summed E-state index contributed by atoms with van der Waals surface area (Å²) in [5, 5.41) is 9.99. The second kappa shape index (κ2) is 4.76. The Labute approximate surface area is 109 Å². The Kier molecular flexibility index (Phi) is 4.21. The number of hydrogen-bond acceptors (Lipinski definition) is 4. The minimum atomic E-state index is -3.27. The van der Waals surface area contributed by atoms with Gasteiger partial charge in [-0.05, 0) is 41.9 Å². The molecule has 0 spiro atoms. The van der Waals surface area contributed by atoms with E-state index in [9.17, 15) is 13.5 Å². The fourth-order valence-corrected chi connectivity index (χ4v) is 3.24. The van der Waals surface area contributed by atoms with Crippen molar-refractivity contribution in [2.24, 2.45) is 0 Å². The van der Waals surface area contributed by atoms with Crippen LogP contribution in [-0.4, -0.2) is 30.6 Å². The fourth-order valence-electron chi connectivity index (χ4n) is 1.14. The van der Waals surface area contributed by atoms with Crippen LogP contribution in [0.1, 0.15) is 18.7 Å². The molecule has 1 rings (SSSR count). The van der Waals surface area contributed by atoms with E-state index in [0.717, 1.165) is 14.9 Å². The molecular weight excluding hydrogens is 312 g/mol. The van der Waals surface area contributed by atoms with Crippen molar-refractivity contribution in [1.82, 2.24) is 0 Å².